The van der Waals surface area contributed by atoms with Crippen molar-refractivity contribution < 1.29 is 0 Å². The van der Waals surface area contributed by atoms with Gasteiger partial charge in [-0.1, -0.05) is 42.5 Å². The Hall–Kier alpha value is -2.13. The molecule has 0 radical (unpaired) electrons. The molecular weight excluding hydrogens is 246 g/mol. The van der Waals surface area contributed by atoms with Gasteiger partial charge in [0.2, 0.25) is 0 Å². The largest absolute Gasteiger partial charge is 0.298 e. The van der Waals surface area contributed by atoms with Crippen molar-refractivity contribution in [3.63, 3.8) is 0 Å². The van der Waals surface area contributed by atoms with Gasteiger partial charge in [-0.15, -0.1) is 0 Å². The molecule has 3 aromatic rings. The first-order valence-corrected chi connectivity index (χ1v) is 6.85. The predicted molar refractivity (Wildman–Crippen MR) is 82.3 cm³/mol. The Bertz CT molecular complexity index is 710. The second-order valence-corrected chi connectivity index (χ2v) is 5.33. The number of hydrogen-bond acceptors (Lipinski definition) is 2. The van der Waals surface area contributed by atoms with E-state index < -0.39 is 0 Å². The van der Waals surface area contributed by atoms with Crippen LogP contribution >= 0.6 is 0 Å². The summed E-state index contributed by atoms with van der Waals surface area (Å²) in [5.41, 5.74) is 2.62. The minimum Gasteiger partial charge on any atom is -0.298 e. The molecule has 0 saturated carbocycles. The lowest BCUT2D eigenvalue weighted by Gasteiger charge is -2.17. The van der Waals surface area contributed by atoms with E-state index in [2.05, 4.69) is 65.7 Å². The molecule has 0 bridgehead atoms. The molecule has 0 fully saturated rings. The quantitative estimate of drug-likeness (QED) is 0.722. The molecule has 0 aliphatic carbocycles. The van der Waals surface area contributed by atoms with E-state index in [0.717, 1.165) is 13.1 Å². The molecular formula is C17H19N3. The lowest BCUT2D eigenvalue weighted by atomic mass is 10.0. The van der Waals surface area contributed by atoms with Crippen LogP contribution in [0.2, 0.25) is 0 Å². The number of aryl methyl sites for hydroxylation is 1. The third-order valence-electron chi connectivity index (χ3n) is 3.53. The summed E-state index contributed by atoms with van der Waals surface area (Å²) in [4.78, 5) is 2.32. The monoisotopic (exact) mass is 265 g/mol. The predicted octanol–water partition coefficient (Wildman–Crippen LogP) is 3.21. The Balaban J connectivity index is 1.79. The summed E-state index contributed by atoms with van der Waals surface area (Å²) < 4.78 is 1.85. The Morgan fingerprint density at radius 3 is 2.65 bits per heavy atom. The van der Waals surface area contributed by atoms with Gasteiger partial charge in [0, 0.05) is 31.9 Å². The van der Waals surface area contributed by atoms with Crippen LogP contribution in [0.5, 0.6) is 0 Å². The van der Waals surface area contributed by atoms with E-state index in [-0.39, 0.29) is 0 Å². The summed E-state index contributed by atoms with van der Waals surface area (Å²) in [5.74, 6) is 0. The van der Waals surface area contributed by atoms with Crippen LogP contribution in [0, 0.1) is 0 Å². The summed E-state index contributed by atoms with van der Waals surface area (Å²) in [6.45, 7) is 1.85. The van der Waals surface area contributed by atoms with Gasteiger partial charge in [-0.05, 0) is 23.4 Å². The molecule has 1 aromatic heterocycles. The van der Waals surface area contributed by atoms with Crippen LogP contribution < -0.4 is 0 Å². The van der Waals surface area contributed by atoms with Gasteiger partial charge in [-0.2, -0.15) is 5.10 Å². The minimum atomic E-state index is 0.914. The fraction of sp³-hybridized carbons (Fsp3) is 0.235. The molecule has 0 atom stereocenters. The second-order valence-electron chi connectivity index (χ2n) is 5.33. The highest BCUT2D eigenvalue weighted by molar-refractivity contribution is 5.85. The average Bonchev–Trinajstić information content (AvgIpc) is 2.84. The number of nitrogens with zero attached hydrogens (tertiary/aromatic N) is 3. The molecule has 0 saturated heterocycles. The molecule has 1 heterocycles. The van der Waals surface area contributed by atoms with E-state index in [1.807, 2.05) is 17.9 Å². The first kappa shape index (κ1) is 12.9. The van der Waals surface area contributed by atoms with Gasteiger partial charge in [-0.25, -0.2) is 0 Å². The normalized spacial score (nSPS) is 11.3. The van der Waals surface area contributed by atoms with Gasteiger partial charge in [0.15, 0.2) is 0 Å². The van der Waals surface area contributed by atoms with Crippen LogP contribution in [-0.4, -0.2) is 21.7 Å². The summed E-state index contributed by atoms with van der Waals surface area (Å²) >= 11 is 0. The van der Waals surface area contributed by atoms with E-state index in [1.165, 1.54) is 21.9 Å². The molecule has 3 nitrogen and oxygen atoms in total. The van der Waals surface area contributed by atoms with Crippen molar-refractivity contribution >= 4 is 10.8 Å². The molecule has 102 valence electrons. The summed E-state index contributed by atoms with van der Waals surface area (Å²) in [5, 5.41) is 6.86. The molecule has 3 heteroatoms. The lowest BCUT2D eigenvalue weighted by Crippen LogP contribution is -2.17. The second kappa shape index (κ2) is 5.47. The van der Waals surface area contributed by atoms with E-state index in [4.69, 9.17) is 0 Å². The summed E-state index contributed by atoms with van der Waals surface area (Å²) in [6, 6.07) is 15.1. The molecule has 0 unspecified atom stereocenters. The molecule has 3 rings (SSSR count). The molecule has 0 amide bonds. The van der Waals surface area contributed by atoms with Crippen LogP contribution in [-0.2, 0) is 20.1 Å². The Labute approximate surface area is 119 Å². The van der Waals surface area contributed by atoms with Gasteiger partial charge in [0.25, 0.3) is 0 Å². The molecule has 0 aliphatic heterocycles. The van der Waals surface area contributed by atoms with Gasteiger partial charge in [0.1, 0.15) is 0 Å². The minimum absolute atomic E-state index is 0.914. The van der Waals surface area contributed by atoms with Gasteiger partial charge in [-0.3, -0.25) is 9.58 Å². The van der Waals surface area contributed by atoms with Crippen LogP contribution in [0.25, 0.3) is 10.8 Å². The third-order valence-corrected chi connectivity index (χ3v) is 3.53. The number of aromatic nitrogens is 2. The lowest BCUT2D eigenvalue weighted by molar-refractivity contribution is 0.320. The molecule has 0 N–H and O–H groups in total. The van der Waals surface area contributed by atoms with Gasteiger partial charge in [0.05, 0.1) is 6.20 Å². The molecule has 0 aliphatic rings. The first-order chi connectivity index (χ1) is 9.72. The zero-order valence-corrected chi connectivity index (χ0v) is 12.0. The highest BCUT2D eigenvalue weighted by atomic mass is 15.2. The Morgan fingerprint density at radius 2 is 1.85 bits per heavy atom. The van der Waals surface area contributed by atoms with E-state index in [1.54, 1.807) is 0 Å². The van der Waals surface area contributed by atoms with Crippen molar-refractivity contribution in [3.8, 4) is 0 Å². The number of fused-ring (bicyclic) bond motifs is 1. The maximum Gasteiger partial charge on any atom is 0.0534 e. The molecule has 20 heavy (non-hydrogen) atoms. The average molecular weight is 265 g/mol. The number of rotatable bonds is 4. The van der Waals surface area contributed by atoms with E-state index in [0.29, 0.717) is 0 Å². The first-order valence-electron chi connectivity index (χ1n) is 6.85. The smallest absolute Gasteiger partial charge is 0.0534 e. The zero-order chi connectivity index (χ0) is 13.9. The zero-order valence-electron chi connectivity index (χ0n) is 12.0. The van der Waals surface area contributed by atoms with Crippen molar-refractivity contribution in [2.45, 2.75) is 13.1 Å². The van der Waals surface area contributed by atoms with Crippen LogP contribution in [0.4, 0.5) is 0 Å². The maximum absolute atomic E-state index is 4.22. The van der Waals surface area contributed by atoms with Crippen molar-refractivity contribution in [2.75, 3.05) is 7.05 Å². The summed E-state index contributed by atoms with van der Waals surface area (Å²) in [7, 11) is 4.10. The highest BCUT2D eigenvalue weighted by Gasteiger charge is 2.06. The third kappa shape index (κ3) is 2.73. The number of hydrogen-bond donors (Lipinski definition) is 0. The van der Waals surface area contributed by atoms with Crippen molar-refractivity contribution in [1.29, 1.82) is 0 Å². The number of benzene rings is 2. The fourth-order valence-electron chi connectivity index (χ4n) is 2.64. The van der Waals surface area contributed by atoms with Crippen LogP contribution in [0.3, 0.4) is 0 Å². The topological polar surface area (TPSA) is 21.1 Å². The van der Waals surface area contributed by atoms with Crippen molar-refractivity contribution in [1.82, 2.24) is 14.7 Å². The molecule has 0 spiro atoms. The van der Waals surface area contributed by atoms with Gasteiger partial charge < -0.3 is 0 Å². The van der Waals surface area contributed by atoms with Crippen LogP contribution in [0.15, 0.2) is 54.9 Å². The fourth-order valence-corrected chi connectivity index (χ4v) is 2.64. The summed E-state index contributed by atoms with van der Waals surface area (Å²) in [6.07, 6.45) is 4.00. The van der Waals surface area contributed by atoms with Crippen molar-refractivity contribution in [2.24, 2.45) is 7.05 Å². The maximum atomic E-state index is 4.22. The SMILES string of the molecule is CN(Cc1cnn(C)c1)Cc1cccc2ccccc12. The van der Waals surface area contributed by atoms with E-state index in [9.17, 15) is 0 Å². The Morgan fingerprint density at radius 1 is 1.05 bits per heavy atom. The Kier molecular flexibility index (Phi) is 3.52. The van der Waals surface area contributed by atoms with Crippen molar-refractivity contribution in [3.05, 3.63) is 66.0 Å². The van der Waals surface area contributed by atoms with Gasteiger partial charge >= 0.3 is 0 Å². The molecule has 2 aromatic carbocycles. The van der Waals surface area contributed by atoms with E-state index >= 15 is 0 Å². The standard InChI is InChI=1S/C17H19N3/c1-19(11-14-10-18-20(2)12-14)13-16-8-5-7-15-6-3-4-9-17(15)16/h3-10,12H,11,13H2,1-2H3. The van der Waals surface area contributed by atoms with Crippen LogP contribution in [0.1, 0.15) is 11.1 Å². The highest BCUT2D eigenvalue weighted by Crippen LogP contribution is 2.20.